The molecule has 0 unspecified atom stereocenters. The third-order valence-electron chi connectivity index (χ3n) is 2.86. The van der Waals surface area contributed by atoms with Gasteiger partial charge in [-0.3, -0.25) is 0 Å². The van der Waals surface area contributed by atoms with Crippen molar-refractivity contribution in [2.45, 2.75) is 20.0 Å². The Kier molecular flexibility index (Phi) is 4.40. The molecule has 0 aromatic heterocycles. The Morgan fingerprint density at radius 1 is 1.15 bits per heavy atom. The number of aliphatic hydroxyl groups is 1. The molecule has 2 rings (SSSR count). The highest BCUT2D eigenvalue weighted by atomic mass is 79.9. The Balaban J connectivity index is 2.41. The number of rotatable bonds is 3. The average Bonchev–Trinajstić information content (AvgIpc) is 2.37. The molecule has 0 saturated carbocycles. The quantitative estimate of drug-likeness (QED) is 0.861. The van der Waals surface area contributed by atoms with E-state index in [-0.39, 0.29) is 5.75 Å². The van der Waals surface area contributed by atoms with E-state index in [1.54, 1.807) is 13.0 Å². The summed E-state index contributed by atoms with van der Waals surface area (Å²) in [4.78, 5) is 0. The van der Waals surface area contributed by atoms with Gasteiger partial charge in [0.15, 0.2) is 0 Å². The van der Waals surface area contributed by atoms with E-state index in [4.69, 9.17) is 4.74 Å². The molecule has 0 saturated heterocycles. The summed E-state index contributed by atoms with van der Waals surface area (Å²) in [6.45, 7) is 3.11. The molecular weight excluding hydrogens is 330 g/mol. The van der Waals surface area contributed by atoms with Gasteiger partial charge >= 0.3 is 0 Å². The molecule has 0 spiro atoms. The molecule has 5 heteroatoms. The maximum absolute atomic E-state index is 13.5. The summed E-state index contributed by atoms with van der Waals surface area (Å²) in [5, 5.41) is 9.67. The minimum atomic E-state index is -0.889. The minimum Gasteiger partial charge on any atom is -0.457 e. The monoisotopic (exact) mass is 342 g/mol. The summed E-state index contributed by atoms with van der Waals surface area (Å²) in [5.41, 5.74) is 0.707. The van der Waals surface area contributed by atoms with Crippen molar-refractivity contribution in [3.63, 3.8) is 0 Å². The van der Waals surface area contributed by atoms with Gasteiger partial charge in [-0.1, -0.05) is 0 Å². The maximum Gasteiger partial charge on any atom is 0.141 e. The van der Waals surface area contributed by atoms with E-state index in [1.807, 2.05) is 0 Å². The first-order chi connectivity index (χ1) is 9.38. The van der Waals surface area contributed by atoms with Gasteiger partial charge in [-0.15, -0.1) is 0 Å². The van der Waals surface area contributed by atoms with E-state index in [9.17, 15) is 13.9 Å². The SMILES string of the molecule is Cc1cc(Oc2ccc(Br)c(F)c2)c([C@H](C)O)cc1F. The summed E-state index contributed by atoms with van der Waals surface area (Å²) < 4.78 is 32.9. The fourth-order valence-corrected chi connectivity index (χ4v) is 2.00. The molecular formula is C15H13BrF2O2. The smallest absolute Gasteiger partial charge is 0.141 e. The number of hydrogen-bond donors (Lipinski definition) is 1. The van der Waals surface area contributed by atoms with Crippen LogP contribution in [0, 0.1) is 18.6 Å². The molecule has 20 heavy (non-hydrogen) atoms. The van der Waals surface area contributed by atoms with Crippen LogP contribution in [0.4, 0.5) is 8.78 Å². The molecule has 1 atom stereocenters. The first-order valence-electron chi connectivity index (χ1n) is 5.99. The van der Waals surface area contributed by atoms with Crippen molar-refractivity contribution in [3.05, 3.63) is 57.6 Å². The van der Waals surface area contributed by atoms with Crippen molar-refractivity contribution in [2.24, 2.45) is 0 Å². The summed E-state index contributed by atoms with van der Waals surface area (Å²) in [6.07, 6.45) is -0.889. The van der Waals surface area contributed by atoms with Gasteiger partial charge in [-0.2, -0.15) is 0 Å². The molecule has 2 aromatic carbocycles. The second-order valence-corrected chi connectivity index (χ2v) is 5.35. The zero-order valence-corrected chi connectivity index (χ0v) is 12.5. The zero-order valence-electron chi connectivity index (χ0n) is 11.0. The molecule has 0 radical (unpaired) electrons. The fraction of sp³-hybridized carbons (Fsp3) is 0.200. The van der Waals surface area contributed by atoms with Crippen molar-refractivity contribution >= 4 is 15.9 Å². The van der Waals surface area contributed by atoms with Crippen LogP contribution in [0.1, 0.15) is 24.2 Å². The van der Waals surface area contributed by atoms with Gasteiger partial charge in [0.25, 0.3) is 0 Å². The second-order valence-electron chi connectivity index (χ2n) is 4.49. The summed E-state index contributed by atoms with van der Waals surface area (Å²) >= 11 is 3.05. The lowest BCUT2D eigenvalue weighted by atomic mass is 10.1. The van der Waals surface area contributed by atoms with Crippen molar-refractivity contribution in [3.8, 4) is 11.5 Å². The Bertz CT molecular complexity index is 642. The van der Waals surface area contributed by atoms with Crippen LogP contribution in [0.3, 0.4) is 0 Å². The van der Waals surface area contributed by atoms with Crippen LogP contribution >= 0.6 is 15.9 Å². The molecule has 0 amide bonds. The summed E-state index contributed by atoms with van der Waals surface area (Å²) in [7, 11) is 0. The summed E-state index contributed by atoms with van der Waals surface area (Å²) in [5.74, 6) is -0.297. The standard InChI is InChI=1S/C15H13BrF2O2/c1-8-5-15(11(9(2)19)7-13(8)17)20-10-3-4-12(16)14(18)6-10/h3-7,9,19H,1-2H3/t9-/m0/s1. The number of ether oxygens (including phenoxy) is 1. The largest absolute Gasteiger partial charge is 0.457 e. The fourth-order valence-electron chi connectivity index (χ4n) is 1.75. The predicted octanol–water partition coefficient (Wildman–Crippen LogP) is 4.88. The van der Waals surface area contributed by atoms with Crippen LogP contribution in [-0.4, -0.2) is 5.11 Å². The lowest BCUT2D eigenvalue weighted by molar-refractivity contribution is 0.195. The van der Waals surface area contributed by atoms with Gasteiger partial charge < -0.3 is 9.84 Å². The number of hydrogen-bond acceptors (Lipinski definition) is 2. The Labute approximate surface area is 124 Å². The van der Waals surface area contributed by atoms with Crippen LogP contribution in [0.15, 0.2) is 34.8 Å². The van der Waals surface area contributed by atoms with Crippen molar-refractivity contribution in [2.75, 3.05) is 0 Å². The summed E-state index contributed by atoms with van der Waals surface area (Å²) in [6, 6.07) is 7.03. The highest BCUT2D eigenvalue weighted by Crippen LogP contribution is 2.33. The van der Waals surface area contributed by atoms with Gasteiger partial charge in [0.2, 0.25) is 0 Å². The Morgan fingerprint density at radius 2 is 1.85 bits per heavy atom. The normalized spacial score (nSPS) is 12.3. The zero-order chi connectivity index (χ0) is 14.9. The Hall–Kier alpha value is -1.46. The molecule has 0 aliphatic rings. The van der Waals surface area contributed by atoms with Gasteiger partial charge in [0.05, 0.1) is 10.6 Å². The lowest BCUT2D eigenvalue weighted by Gasteiger charge is -2.15. The minimum absolute atomic E-state index is 0.276. The number of benzene rings is 2. The molecule has 0 aliphatic heterocycles. The highest BCUT2D eigenvalue weighted by Gasteiger charge is 2.14. The van der Waals surface area contributed by atoms with Crippen LogP contribution in [0.2, 0.25) is 0 Å². The molecule has 0 fully saturated rings. The molecule has 2 aromatic rings. The van der Waals surface area contributed by atoms with Crippen molar-refractivity contribution < 1.29 is 18.6 Å². The predicted molar refractivity (Wildman–Crippen MR) is 75.9 cm³/mol. The topological polar surface area (TPSA) is 29.5 Å². The van der Waals surface area contributed by atoms with E-state index in [0.29, 0.717) is 21.3 Å². The second kappa shape index (κ2) is 5.89. The van der Waals surface area contributed by atoms with Gasteiger partial charge in [-0.05, 0) is 59.6 Å². The van der Waals surface area contributed by atoms with Crippen LogP contribution in [0.25, 0.3) is 0 Å². The number of halogens is 3. The molecule has 106 valence electrons. The highest BCUT2D eigenvalue weighted by molar-refractivity contribution is 9.10. The molecule has 0 bridgehead atoms. The van der Waals surface area contributed by atoms with E-state index in [1.165, 1.54) is 31.2 Å². The van der Waals surface area contributed by atoms with Crippen molar-refractivity contribution in [1.29, 1.82) is 0 Å². The van der Waals surface area contributed by atoms with Crippen molar-refractivity contribution in [1.82, 2.24) is 0 Å². The Morgan fingerprint density at radius 3 is 2.45 bits per heavy atom. The number of aryl methyl sites for hydroxylation is 1. The van der Waals surface area contributed by atoms with E-state index in [2.05, 4.69) is 15.9 Å². The molecule has 0 aliphatic carbocycles. The van der Waals surface area contributed by atoms with Gasteiger partial charge in [0, 0.05) is 11.6 Å². The van der Waals surface area contributed by atoms with Crippen LogP contribution in [0.5, 0.6) is 11.5 Å². The van der Waals surface area contributed by atoms with E-state index < -0.39 is 17.7 Å². The van der Waals surface area contributed by atoms with Gasteiger partial charge in [0.1, 0.15) is 23.1 Å². The van der Waals surface area contributed by atoms with E-state index >= 15 is 0 Å². The maximum atomic E-state index is 13.5. The first-order valence-corrected chi connectivity index (χ1v) is 6.79. The third-order valence-corrected chi connectivity index (χ3v) is 3.50. The first kappa shape index (κ1) is 14.9. The third kappa shape index (κ3) is 3.16. The van der Waals surface area contributed by atoms with E-state index in [0.717, 1.165) is 0 Å². The van der Waals surface area contributed by atoms with Crippen LogP contribution < -0.4 is 4.74 Å². The molecule has 0 heterocycles. The molecule has 2 nitrogen and oxygen atoms in total. The average molecular weight is 343 g/mol. The lowest BCUT2D eigenvalue weighted by Crippen LogP contribution is -1.99. The number of aliphatic hydroxyl groups excluding tert-OH is 1. The van der Waals surface area contributed by atoms with Gasteiger partial charge in [-0.25, -0.2) is 8.78 Å². The molecule has 1 N–H and O–H groups in total. The van der Waals surface area contributed by atoms with Crippen LogP contribution in [-0.2, 0) is 0 Å².